The average Bonchev–Trinajstić information content (AvgIpc) is 2.77. The van der Waals surface area contributed by atoms with Crippen molar-refractivity contribution in [2.45, 2.75) is 13.5 Å². The van der Waals surface area contributed by atoms with Crippen LogP contribution in [0.5, 0.6) is 0 Å². The Morgan fingerprint density at radius 1 is 1.40 bits per heavy atom. The lowest BCUT2D eigenvalue weighted by atomic mass is 10.1. The number of hydrogen-bond donors (Lipinski definition) is 1. The zero-order valence-electron chi connectivity index (χ0n) is 11.3. The van der Waals surface area contributed by atoms with Crippen molar-refractivity contribution in [1.29, 1.82) is 0 Å². The van der Waals surface area contributed by atoms with E-state index in [9.17, 15) is 4.79 Å². The fourth-order valence-electron chi connectivity index (χ4n) is 2.01. The maximum Gasteiger partial charge on any atom is 0.342 e. The van der Waals surface area contributed by atoms with Crippen molar-refractivity contribution in [3.63, 3.8) is 0 Å². The molecular weight excluding hydrogens is 280 g/mol. The first-order chi connectivity index (χ1) is 9.58. The molecule has 1 heterocycles. The van der Waals surface area contributed by atoms with E-state index in [-0.39, 0.29) is 6.61 Å². The maximum absolute atomic E-state index is 11.9. The third-order valence-corrected chi connectivity index (χ3v) is 3.28. The molecule has 0 unspecified atom stereocenters. The lowest BCUT2D eigenvalue weighted by Gasteiger charge is -2.02. The first-order valence-corrected chi connectivity index (χ1v) is 6.48. The lowest BCUT2D eigenvalue weighted by molar-refractivity contribution is 0.0600. The molecule has 106 valence electrons. The summed E-state index contributed by atoms with van der Waals surface area (Å²) in [7, 11) is 1.33. The van der Waals surface area contributed by atoms with Gasteiger partial charge >= 0.3 is 5.97 Å². The molecule has 0 aliphatic carbocycles. The minimum absolute atomic E-state index is 0.0524. The summed E-state index contributed by atoms with van der Waals surface area (Å²) < 4.78 is 6.41. The second-order valence-corrected chi connectivity index (χ2v) is 4.69. The minimum Gasteiger partial charge on any atom is -0.465 e. The maximum atomic E-state index is 11.9. The molecular formula is C14H15ClN2O3. The molecule has 6 heteroatoms. The van der Waals surface area contributed by atoms with Gasteiger partial charge in [0.2, 0.25) is 0 Å². The Morgan fingerprint density at radius 3 is 2.60 bits per heavy atom. The summed E-state index contributed by atoms with van der Waals surface area (Å²) in [5, 5.41) is 14.0. The highest BCUT2D eigenvalue weighted by Gasteiger charge is 2.22. The van der Waals surface area contributed by atoms with Gasteiger partial charge in [-0.2, -0.15) is 5.10 Å². The molecule has 0 aliphatic heterocycles. The van der Waals surface area contributed by atoms with Crippen LogP contribution in [0.25, 0.3) is 11.3 Å². The zero-order chi connectivity index (χ0) is 14.7. The molecule has 2 aromatic rings. The van der Waals surface area contributed by atoms with Crippen LogP contribution in [0.4, 0.5) is 0 Å². The number of ether oxygens (including phenoxy) is 1. The van der Waals surface area contributed by atoms with Crippen molar-refractivity contribution < 1.29 is 14.6 Å². The number of methoxy groups -OCH3 is 1. The van der Waals surface area contributed by atoms with E-state index >= 15 is 0 Å². The molecule has 0 atom stereocenters. The Hall–Kier alpha value is -1.85. The Morgan fingerprint density at radius 2 is 2.05 bits per heavy atom. The fraction of sp³-hybridized carbons (Fsp3) is 0.286. The van der Waals surface area contributed by atoms with Crippen molar-refractivity contribution in [3.05, 3.63) is 40.5 Å². The highest BCUT2D eigenvalue weighted by Crippen LogP contribution is 2.27. The predicted molar refractivity (Wildman–Crippen MR) is 75.8 cm³/mol. The van der Waals surface area contributed by atoms with Crippen LogP contribution in [0.1, 0.15) is 16.1 Å². The number of aliphatic hydroxyl groups is 1. The van der Waals surface area contributed by atoms with Crippen molar-refractivity contribution in [2.24, 2.45) is 0 Å². The van der Waals surface area contributed by atoms with Gasteiger partial charge in [-0.25, -0.2) is 4.79 Å². The van der Waals surface area contributed by atoms with Gasteiger partial charge in [0.25, 0.3) is 0 Å². The highest BCUT2D eigenvalue weighted by molar-refractivity contribution is 6.30. The van der Waals surface area contributed by atoms with Gasteiger partial charge in [-0.15, -0.1) is 0 Å². The van der Waals surface area contributed by atoms with E-state index in [1.807, 2.05) is 0 Å². The number of rotatable bonds is 4. The largest absolute Gasteiger partial charge is 0.465 e. The molecule has 20 heavy (non-hydrogen) atoms. The van der Waals surface area contributed by atoms with Crippen LogP contribution in [0, 0.1) is 6.92 Å². The molecule has 0 aliphatic rings. The van der Waals surface area contributed by atoms with Crippen LogP contribution >= 0.6 is 11.6 Å². The quantitative estimate of drug-likeness (QED) is 0.879. The smallest absolute Gasteiger partial charge is 0.342 e. The number of carbonyl (C=O) groups excluding carboxylic acids is 1. The topological polar surface area (TPSA) is 64.3 Å². The number of benzene rings is 1. The van der Waals surface area contributed by atoms with Crippen LogP contribution in [0.15, 0.2) is 24.3 Å². The van der Waals surface area contributed by atoms with Crippen molar-refractivity contribution in [1.82, 2.24) is 9.78 Å². The molecule has 0 saturated carbocycles. The summed E-state index contributed by atoms with van der Waals surface area (Å²) in [5.41, 5.74) is 2.37. The standard InChI is InChI=1S/C14H15ClN2O3/c1-9-12(14(19)20-2)13(16-17(9)7-8-18)10-3-5-11(15)6-4-10/h3-6,18H,7-8H2,1-2H3. The third-order valence-electron chi connectivity index (χ3n) is 3.03. The molecule has 1 aromatic heterocycles. The first kappa shape index (κ1) is 14.6. The number of hydrogen-bond acceptors (Lipinski definition) is 4. The van der Waals surface area contributed by atoms with E-state index < -0.39 is 5.97 Å². The molecule has 0 fully saturated rings. The number of esters is 1. The normalized spacial score (nSPS) is 10.6. The number of aliphatic hydroxyl groups excluding tert-OH is 1. The number of carbonyl (C=O) groups is 1. The Balaban J connectivity index is 2.58. The van der Waals surface area contributed by atoms with Crippen molar-refractivity contribution >= 4 is 17.6 Å². The predicted octanol–water partition coefficient (Wildman–Crippen LogP) is 2.29. The molecule has 0 radical (unpaired) electrons. The van der Waals surface area contributed by atoms with Crippen molar-refractivity contribution in [2.75, 3.05) is 13.7 Å². The van der Waals surface area contributed by atoms with Gasteiger partial charge in [0, 0.05) is 10.6 Å². The van der Waals surface area contributed by atoms with Gasteiger partial charge in [0.15, 0.2) is 0 Å². The molecule has 0 amide bonds. The van der Waals surface area contributed by atoms with E-state index in [0.717, 1.165) is 5.56 Å². The van der Waals surface area contributed by atoms with Crippen LogP contribution in [0.3, 0.4) is 0 Å². The molecule has 0 spiro atoms. The second kappa shape index (κ2) is 6.07. The molecule has 0 bridgehead atoms. The number of nitrogens with zero attached hydrogens (tertiary/aromatic N) is 2. The van der Waals surface area contributed by atoms with Crippen molar-refractivity contribution in [3.8, 4) is 11.3 Å². The minimum atomic E-state index is -0.448. The summed E-state index contributed by atoms with van der Waals surface area (Å²) in [6.07, 6.45) is 0. The van der Waals surface area contributed by atoms with Crippen LogP contribution in [-0.2, 0) is 11.3 Å². The Kier molecular flexibility index (Phi) is 4.42. The molecule has 0 saturated heterocycles. The van der Waals surface area contributed by atoms with Gasteiger partial charge in [-0.3, -0.25) is 4.68 Å². The summed E-state index contributed by atoms with van der Waals surface area (Å²) in [6.45, 7) is 2.04. The molecule has 1 aromatic carbocycles. The van der Waals surface area contributed by atoms with E-state index in [2.05, 4.69) is 5.10 Å². The molecule has 2 rings (SSSR count). The summed E-state index contributed by atoms with van der Waals surface area (Å²) in [5.74, 6) is -0.448. The highest BCUT2D eigenvalue weighted by atomic mass is 35.5. The van der Waals surface area contributed by atoms with Gasteiger partial charge in [0.1, 0.15) is 11.3 Å². The van der Waals surface area contributed by atoms with Gasteiger partial charge in [0.05, 0.1) is 26.0 Å². The first-order valence-electron chi connectivity index (χ1n) is 6.11. The Labute approximate surface area is 121 Å². The summed E-state index contributed by atoms with van der Waals surface area (Å²) in [6, 6.07) is 7.05. The number of aromatic nitrogens is 2. The summed E-state index contributed by atoms with van der Waals surface area (Å²) >= 11 is 5.86. The van der Waals surface area contributed by atoms with Crippen LogP contribution < -0.4 is 0 Å². The zero-order valence-corrected chi connectivity index (χ0v) is 12.0. The lowest BCUT2D eigenvalue weighted by Crippen LogP contribution is -2.08. The average molecular weight is 295 g/mol. The monoisotopic (exact) mass is 294 g/mol. The SMILES string of the molecule is COC(=O)c1c(-c2ccc(Cl)cc2)nn(CCO)c1C. The molecule has 5 nitrogen and oxygen atoms in total. The molecule has 1 N–H and O–H groups in total. The van der Waals surface area contributed by atoms with Crippen LogP contribution in [-0.4, -0.2) is 34.6 Å². The van der Waals surface area contributed by atoms with Gasteiger partial charge < -0.3 is 9.84 Å². The van der Waals surface area contributed by atoms with Gasteiger partial charge in [-0.05, 0) is 19.1 Å². The summed E-state index contributed by atoms with van der Waals surface area (Å²) in [4.78, 5) is 11.9. The third kappa shape index (κ3) is 2.69. The second-order valence-electron chi connectivity index (χ2n) is 4.25. The van der Waals surface area contributed by atoms with Gasteiger partial charge in [-0.1, -0.05) is 23.7 Å². The Bertz CT molecular complexity index is 620. The fourth-order valence-corrected chi connectivity index (χ4v) is 2.14. The van der Waals surface area contributed by atoms with E-state index in [1.54, 1.807) is 35.9 Å². The van der Waals surface area contributed by atoms with E-state index in [0.29, 0.717) is 28.5 Å². The van der Waals surface area contributed by atoms with E-state index in [4.69, 9.17) is 21.4 Å². The van der Waals surface area contributed by atoms with Crippen LogP contribution in [0.2, 0.25) is 5.02 Å². The van der Waals surface area contributed by atoms with E-state index in [1.165, 1.54) is 7.11 Å². The number of halogens is 1.